The molecule has 0 fully saturated rings. The monoisotopic (exact) mass is 892 g/mol. The molecule has 0 aliphatic carbocycles. The van der Waals surface area contributed by atoms with Crippen LogP contribution in [0.3, 0.4) is 0 Å². The molecule has 11 rings (SSSR count). The van der Waals surface area contributed by atoms with Crippen LogP contribution in [-0.4, -0.2) is 45.4 Å². The molecule has 0 amide bonds. The minimum absolute atomic E-state index is 0.0546. The third-order valence-corrected chi connectivity index (χ3v) is 12.7. The highest BCUT2D eigenvalue weighted by atomic mass is 16.3. The van der Waals surface area contributed by atoms with E-state index in [4.69, 9.17) is 0 Å². The molecule has 0 atom stereocenters. The number of aromatic hydroxyl groups is 8. The number of nitrogens with zero attached hydrogens (tertiary/aromatic N) is 2. The normalized spacial score (nSPS) is 11.4. The predicted octanol–water partition coefficient (Wildman–Crippen LogP) is 13.7. The van der Waals surface area contributed by atoms with Crippen LogP contribution in [0.25, 0.3) is 82.8 Å². The molecule has 0 unspecified atom stereocenters. The molecule has 0 saturated carbocycles. The van der Waals surface area contributed by atoms with Crippen molar-refractivity contribution >= 4 is 49.6 Å². The molecule has 10 nitrogen and oxygen atoms in total. The van der Waals surface area contributed by atoms with Crippen LogP contribution in [0.2, 0.25) is 0 Å². The minimum atomic E-state index is -0.957. The Hall–Kier alpha value is -9.54. The lowest BCUT2D eigenvalue weighted by atomic mass is 9.94. The van der Waals surface area contributed by atoms with Crippen molar-refractivity contribution in [3.8, 4) is 96.2 Å². The zero-order chi connectivity index (χ0) is 46.8. The summed E-state index contributed by atoms with van der Waals surface area (Å²) in [5, 5.41) is 98.8. The van der Waals surface area contributed by atoms with Gasteiger partial charge >= 0.3 is 0 Å². The molecule has 0 aliphatic rings. The van der Waals surface area contributed by atoms with Crippen LogP contribution >= 0.6 is 0 Å². The van der Waals surface area contributed by atoms with Crippen LogP contribution in [0.5, 0.6) is 46.0 Å². The van der Waals surface area contributed by atoms with E-state index >= 15 is 0 Å². The van der Waals surface area contributed by atoms with Crippen molar-refractivity contribution in [2.24, 2.45) is 0 Å². The maximum Gasteiger partial charge on any atom is 0.186 e. The van der Waals surface area contributed by atoms with Gasteiger partial charge in [-0.3, -0.25) is 4.90 Å². The number of aromatic nitrogens is 1. The largest absolute Gasteiger partial charge is 0.504 e. The summed E-state index contributed by atoms with van der Waals surface area (Å²) in [7, 11) is 0. The van der Waals surface area contributed by atoms with Crippen LogP contribution in [0.4, 0.5) is 17.1 Å². The first-order valence-electron chi connectivity index (χ1n) is 21.7. The summed E-state index contributed by atoms with van der Waals surface area (Å²) in [4.78, 5) is 0.946. The van der Waals surface area contributed by atoms with Crippen molar-refractivity contribution in [2.45, 2.75) is 0 Å². The number of anilines is 3. The fourth-order valence-corrected chi connectivity index (χ4v) is 9.42. The number of hydrogen-bond donors (Lipinski definition) is 8. The molecule has 0 spiro atoms. The molecule has 68 heavy (non-hydrogen) atoms. The zero-order valence-electron chi connectivity index (χ0n) is 35.9. The quantitative estimate of drug-likeness (QED) is 0.0546. The van der Waals surface area contributed by atoms with Crippen LogP contribution in [-0.2, 0) is 0 Å². The first-order valence-corrected chi connectivity index (χ1v) is 21.7. The van der Waals surface area contributed by atoms with Gasteiger partial charge in [-0.2, -0.15) is 0 Å². The highest BCUT2D eigenvalue weighted by molar-refractivity contribution is 6.09. The second-order valence-electron chi connectivity index (χ2n) is 16.5. The van der Waals surface area contributed by atoms with Gasteiger partial charge in [-0.1, -0.05) is 158 Å². The third kappa shape index (κ3) is 6.50. The lowest BCUT2D eigenvalue weighted by molar-refractivity contribution is 0.372. The lowest BCUT2D eigenvalue weighted by Crippen LogP contribution is -2.12. The van der Waals surface area contributed by atoms with Gasteiger partial charge in [0, 0.05) is 22.1 Å². The molecule has 8 N–H and O–H groups in total. The molecule has 10 aromatic carbocycles. The predicted molar refractivity (Wildman–Crippen MR) is 268 cm³/mol. The molecule has 330 valence electrons. The summed E-state index contributed by atoms with van der Waals surface area (Å²) < 4.78 is 2.20. The number of hydrogen-bond acceptors (Lipinski definition) is 9. The van der Waals surface area contributed by atoms with Crippen LogP contribution < -0.4 is 4.90 Å². The molecule has 0 saturated heterocycles. The van der Waals surface area contributed by atoms with Crippen molar-refractivity contribution in [1.29, 1.82) is 0 Å². The fourth-order valence-electron chi connectivity index (χ4n) is 9.42. The van der Waals surface area contributed by atoms with Gasteiger partial charge in [0.2, 0.25) is 0 Å². The molecule has 1 aromatic heterocycles. The van der Waals surface area contributed by atoms with E-state index in [-0.39, 0.29) is 27.9 Å². The summed E-state index contributed by atoms with van der Waals surface area (Å²) in [6.07, 6.45) is 0. The van der Waals surface area contributed by atoms with E-state index in [1.807, 2.05) is 97.1 Å². The summed E-state index contributed by atoms with van der Waals surface area (Å²) in [6.45, 7) is 0. The highest BCUT2D eigenvalue weighted by Crippen LogP contribution is 2.63. The van der Waals surface area contributed by atoms with Gasteiger partial charge in [-0.05, 0) is 80.6 Å². The first-order chi connectivity index (χ1) is 33.1. The summed E-state index contributed by atoms with van der Waals surface area (Å²) >= 11 is 0. The smallest absolute Gasteiger partial charge is 0.186 e. The highest BCUT2D eigenvalue weighted by Gasteiger charge is 2.36. The van der Waals surface area contributed by atoms with Crippen molar-refractivity contribution < 1.29 is 40.9 Å². The van der Waals surface area contributed by atoms with Gasteiger partial charge in [0.1, 0.15) is 11.4 Å². The van der Waals surface area contributed by atoms with Crippen LogP contribution in [0, 0.1) is 0 Å². The Morgan fingerprint density at radius 3 is 1.34 bits per heavy atom. The summed E-state index contributed by atoms with van der Waals surface area (Å²) in [6, 6.07) is 59.6. The molecule has 0 radical (unpaired) electrons. The number of benzene rings is 10. The molecule has 11 aromatic rings. The van der Waals surface area contributed by atoms with Gasteiger partial charge < -0.3 is 45.4 Å². The van der Waals surface area contributed by atoms with Crippen LogP contribution in [0.15, 0.2) is 194 Å². The summed E-state index contributed by atoms with van der Waals surface area (Å²) in [5.74, 6) is -7.18. The lowest BCUT2D eigenvalue weighted by Gasteiger charge is -2.30. The SMILES string of the molecule is Oc1c(O)c(N(c2ccc(-c3cccc(-n4c5ccccc5c5ccccc54)c3)cc2)c2c(O)c(O)c(-c3cccc4ccccc34)c(O)c2O)c(O)c(O)c1-c1ccc(-c2ccccc2)cc1. The van der Waals surface area contributed by atoms with E-state index in [1.54, 1.807) is 72.8 Å². The molecule has 1 heterocycles. The molecular formula is C58H40N2O8. The number of rotatable bonds is 8. The van der Waals surface area contributed by atoms with E-state index in [9.17, 15) is 40.9 Å². The van der Waals surface area contributed by atoms with E-state index in [0.717, 1.165) is 60.0 Å². The Bertz CT molecular complexity index is 3660. The topological polar surface area (TPSA) is 170 Å². The zero-order valence-corrected chi connectivity index (χ0v) is 35.9. The third-order valence-electron chi connectivity index (χ3n) is 12.7. The van der Waals surface area contributed by atoms with E-state index in [0.29, 0.717) is 5.39 Å². The summed E-state index contributed by atoms with van der Waals surface area (Å²) in [5.41, 5.74) is 4.93. The molecule has 0 aliphatic heterocycles. The Morgan fingerprint density at radius 1 is 0.309 bits per heavy atom. The number of fused-ring (bicyclic) bond motifs is 4. The maximum absolute atomic E-state index is 12.0. The van der Waals surface area contributed by atoms with Gasteiger partial charge in [0.25, 0.3) is 0 Å². The average Bonchev–Trinajstić information content (AvgIpc) is 3.72. The van der Waals surface area contributed by atoms with Crippen molar-refractivity contribution in [1.82, 2.24) is 4.57 Å². The average molecular weight is 893 g/mol. The first kappa shape index (κ1) is 41.2. The van der Waals surface area contributed by atoms with Crippen molar-refractivity contribution in [3.63, 3.8) is 0 Å². The Kier molecular flexibility index (Phi) is 9.79. The van der Waals surface area contributed by atoms with E-state index in [2.05, 4.69) is 28.8 Å². The Morgan fingerprint density at radius 2 is 0.735 bits per heavy atom. The molecule has 10 heteroatoms. The van der Waals surface area contributed by atoms with Gasteiger partial charge in [0.15, 0.2) is 46.0 Å². The second-order valence-corrected chi connectivity index (χ2v) is 16.5. The Balaban J connectivity index is 1.07. The molecular weight excluding hydrogens is 853 g/mol. The number of para-hydroxylation sites is 2. The van der Waals surface area contributed by atoms with Gasteiger partial charge in [0.05, 0.1) is 22.2 Å². The van der Waals surface area contributed by atoms with Crippen molar-refractivity contribution in [2.75, 3.05) is 4.90 Å². The standard InChI is InChI=1S/C58H40N2O8/c61-51-47(37-26-24-34(25-27-37)33-12-2-1-3-13-33)52(62)56(66)49(55(51)65)60(50-57(67)53(63)48(54(64)58(50)68)44-21-11-15-36-14-4-5-18-41(36)44)39-30-28-35(29-31-39)38-16-10-17-40(32-38)59-45-22-8-6-19-42(45)43-20-7-9-23-46(43)59/h1-32,61-68H. The maximum atomic E-state index is 12.0. The van der Waals surface area contributed by atoms with E-state index in [1.165, 1.54) is 0 Å². The Labute approximate surface area is 388 Å². The fraction of sp³-hybridized carbons (Fsp3) is 0. The minimum Gasteiger partial charge on any atom is -0.504 e. The number of phenols is 8. The van der Waals surface area contributed by atoms with Crippen molar-refractivity contribution in [3.05, 3.63) is 194 Å². The van der Waals surface area contributed by atoms with Gasteiger partial charge in [-0.25, -0.2) is 0 Å². The number of phenolic OH excluding ortho intramolecular Hbond substituents is 8. The molecule has 0 bridgehead atoms. The van der Waals surface area contributed by atoms with E-state index < -0.39 is 57.4 Å². The van der Waals surface area contributed by atoms with Crippen LogP contribution in [0.1, 0.15) is 0 Å². The second kappa shape index (κ2) is 16.2. The van der Waals surface area contributed by atoms with Gasteiger partial charge in [-0.15, -0.1) is 0 Å².